The molecule has 0 aliphatic heterocycles. The van der Waals surface area contributed by atoms with Crippen LogP contribution in [0.3, 0.4) is 0 Å². The molecule has 0 saturated carbocycles. The van der Waals surface area contributed by atoms with E-state index in [1.807, 2.05) is 0 Å². The van der Waals surface area contributed by atoms with Crippen molar-refractivity contribution in [3.8, 4) is 0 Å². The monoisotopic (exact) mass is 187 g/mol. The topological polar surface area (TPSA) is 21.3 Å². The van der Waals surface area contributed by atoms with Gasteiger partial charge in [0.1, 0.15) is 0 Å². The zero-order valence-electron chi connectivity index (χ0n) is 9.98. The maximum absolute atomic E-state index is 5.63. The van der Waals surface area contributed by atoms with Gasteiger partial charge < -0.3 is 10.1 Å². The van der Waals surface area contributed by atoms with E-state index in [9.17, 15) is 0 Å². The highest BCUT2D eigenvalue weighted by molar-refractivity contribution is 4.76. The molecule has 0 aliphatic rings. The standard InChI is InChI=1S/C11H25NO/c1-7-11(5,6)12-8-10(4)13-9(2)3/h9-10,12H,7-8H2,1-6H3. The minimum Gasteiger partial charge on any atom is -0.375 e. The maximum atomic E-state index is 5.63. The maximum Gasteiger partial charge on any atom is 0.0675 e. The molecule has 2 nitrogen and oxygen atoms in total. The first-order valence-electron chi connectivity index (χ1n) is 5.28. The van der Waals surface area contributed by atoms with E-state index in [0.29, 0.717) is 12.2 Å². The number of hydrogen-bond donors (Lipinski definition) is 1. The minimum atomic E-state index is 0.231. The van der Waals surface area contributed by atoms with Gasteiger partial charge in [-0.3, -0.25) is 0 Å². The zero-order valence-corrected chi connectivity index (χ0v) is 9.98. The van der Waals surface area contributed by atoms with Crippen LogP contribution in [-0.2, 0) is 4.74 Å². The summed E-state index contributed by atoms with van der Waals surface area (Å²) in [5, 5.41) is 3.49. The van der Waals surface area contributed by atoms with Crippen LogP contribution in [0.2, 0.25) is 0 Å². The van der Waals surface area contributed by atoms with Gasteiger partial charge in [-0.2, -0.15) is 0 Å². The Balaban J connectivity index is 3.63. The molecule has 0 aliphatic carbocycles. The van der Waals surface area contributed by atoms with E-state index < -0.39 is 0 Å². The van der Waals surface area contributed by atoms with Crippen molar-refractivity contribution >= 4 is 0 Å². The molecule has 0 fully saturated rings. The molecule has 1 N–H and O–H groups in total. The van der Waals surface area contributed by atoms with Crippen molar-refractivity contribution in [2.24, 2.45) is 0 Å². The molecule has 0 heterocycles. The Morgan fingerprint density at radius 2 is 1.77 bits per heavy atom. The molecule has 0 bridgehead atoms. The average Bonchev–Trinajstić information content (AvgIpc) is 2.00. The van der Waals surface area contributed by atoms with Crippen molar-refractivity contribution in [2.45, 2.75) is 65.7 Å². The quantitative estimate of drug-likeness (QED) is 0.690. The van der Waals surface area contributed by atoms with Gasteiger partial charge in [-0.15, -0.1) is 0 Å². The molecule has 0 aromatic rings. The van der Waals surface area contributed by atoms with E-state index in [1.54, 1.807) is 0 Å². The van der Waals surface area contributed by atoms with E-state index in [-0.39, 0.29) is 5.54 Å². The lowest BCUT2D eigenvalue weighted by atomic mass is 10.0. The first-order valence-corrected chi connectivity index (χ1v) is 5.28. The highest BCUT2D eigenvalue weighted by Crippen LogP contribution is 2.07. The molecule has 1 atom stereocenters. The second kappa shape index (κ2) is 5.61. The van der Waals surface area contributed by atoms with E-state index in [2.05, 4.69) is 46.9 Å². The predicted octanol–water partition coefficient (Wildman–Crippen LogP) is 2.58. The summed E-state index contributed by atoms with van der Waals surface area (Å²) in [6.45, 7) is 13.8. The van der Waals surface area contributed by atoms with Crippen LogP contribution < -0.4 is 5.32 Å². The molecular formula is C11H25NO. The molecular weight excluding hydrogens is 162 g/mol. The highest BCUT2D eigenvalue weighted by Gasteiger charge is 2.15. The smallest absolute Gasteiger partial charge is 0.0675 e. The third-order valence-electron chi connectivity index (χ3n) is 2.26. The third kappa shape index (κ3) is 7.03. The molecule has 2 heteroatoms. The van der Waals surface area contributed by atoms with Crippen LogP contribution in [0.15, 0.2) is 0 Å². The van der Waals surface area contributed by atoms with Gasteiger partial charge in [-0.1, -0.05) is 6.92 Å². The van der Waals surface area contributed by atoms with E-state index in [1.165, 1.54) is 0 Å². The van der Waals surface area contributed by atoms with Crippen LogP contribution >= 0.6 is 0 Å². The largest absolute Gasteiger partial charge is 0.375 e. The van der Waals surface area contributed by atoms with Crippen LogP contribution in [0.5, 0.6) is 0 Å². The fourth-order valence-electron chi connectivity index (χ4n) is 1.06. The molecule has 0 amide bonds. The van der Waals surface area contributed by atoms with Gasteiger partial charge in [0, 0.05) is 12.1 Å². The van der Waals surface area contributed by atoms with Crippen LogP contribution in [0, 0.1) is 0 Å². The first kappa shape index (κ1) is 12.9. The number of rotatable bonds is 6. The zero-order chi connectivity index (χ0) is 10.5. The number of nitrogens with one attached hydrogen (secondary N) is 1. The SMILES string of the molecule is CCC(C)(C)NCC(C)OC(C)C. The summed E-state index contributed by atoms with van der Waals surface area (Å²) < 4.78 is 5.63. The Morgan fingerprint density at radius 3 is 2.15 bits per heavy atom. The lowest BCUT2D eigenvalue weighted by molar-refractivity contribution is 0.0158. The molecule has 13 heavy (non-hydrogen) atoms. The summed E-state index contributed by atoms with van der Waals surface area (Å²) in [5.74, 6) is 0. The van der Waals surface area contributed by atoms with Gasteiger partial charge in [0.25, 0.3) is 0 Å². The second-order valence-corrected chi connectivity index (χ2v) is 4.61. The summed E-state index contributed by atoms with van der Waals surface area (Å²) in [4.78, 5) is 0. The van der Waals surface area contributed by atoms with E-state index >= 15 is 0 Å². The van der Waals surface area contributed by atoms with Gasteiger partial charge in [-0.25, -0.2) is 0 Å². The van der Waals surface area contributed by atoms with Gasteiger partial charge in [-0.05, 0) is 41.0 Å². The van der Waals surface area contributed by atoms with E-state index in [4.69, 9.17) is 4.74 Å². The van der Waals surface area contributed by atoms with Gasteiger partial charge in [0.2, 0.25) is 0 Å². The fourth-order valence-corrected chi connectivity index (χ4v) is 1.06. The van der Waals surface area contributed by atoms with Crippen LogP contribution in [-0.4, -0.2) is 24.3 Å². The van der Waals surface area contributed by atoms with Crippen molar-refractivity contribution in [1.29, 1.82) is 0 Å². The summed E-state index contributed by atoms with van der Waals surface area (Å²) in [6.07, 6.45) is 1.76. The molecule has 0 aromatic carbocycles. The van der Waals surface area contributed by atoms with Crippen LogP contribution in [0.25, 0.3) is 0 Å². The minimum absolute atomic E-state index is 0.231. The summed E-state index contributed by atoms with van der Waals surface area (Å²) in [6, 6.07) is 0. The summed E-state index contributed by atoms with van der Waals surface area (Å²) in [5.41, 5.74) is 0.231. The molecule has 0 aromatic heterocycles. The van der Waals surface area contributed by atoms with Gasteiger partial charge in [0.15, 0.2) is 0 Å². The molecule has 0 saturated heterocycles. The van der Waals surface area contributed by atoms with Crippen molar-refractivity contribution in [3.05, 3.63) is 0 Å². The normalized spacial score (nSPS) is 15.0. The number of ether oxygens (including phenoxy) is 1. The Kier molecular flexibility index (Phi) is 5.57. The van der Waals surface area contributed by atoms with Crippen molar-refractivity contribution in [1.82, 2.24) is 5.32 Å². The van der Waals surface area contributed by atoms with Crippen molar-refractivity contribution in [2.75, 3.05) is 6.54 Å². The Labute approximate surface area is 83.1 Å². The second-order valence-electron chi connectivity index (χ2n) is 4.61. The molecule has 0 rings (SSSR count). The summed E-state index contributed by atoms with van der Waals surface area (Å²) >= 11 is 0. The lowest BCUT2D eigenvalue weighted by Gasteiger charge is -2.27. The number of hydrogen-bond acceptors (Lipinski definition) is 2. The van der Waals surface area contributed by atoms with Crippen molar-refractivity contribution in [3.63, 3.8) is 0 Å². The molecule has 0 radical (unpaired) electrons. The lowest BCUT2D eigenvalue weighted by Crippen LogP contribution is -2.43. The molecule has 1 unspecified atom stereocenters. The molecule has 0 spiro atoms. The van der Waals surface area contributed by atoms with Crippen molar-refractivity contribution < 1.29 is 4.74 Å². The fraction of sp³-hybridized carbons (Fsp3) is 1.00. The first-order chi connectivity index (χ1) is 5.87. The average molecular weight is 187 g/mol. The highest BCUT2D eigenvalue weighted by atomic mass is 16.5. The predicted molar refractivity (Wildman–Crippen MR) is 58.1 cm³/mol. The Morgan fingerprint density at radius 1 is 1.23 bits per heavy atom. The van der Waals surface area contributed by atoms with Crippen LogP contribution in [0.4, 0.5) is 0 Å². The van der Waals surface area contributed by atoms with Gasteiger partial charge >= 0.3 is 0 Å². The summed E-state index contributed by atoms with van der Waals surface area (Å²) in [7, 11) is 0. The van der Waals surface area contributed by atoms with Crippen LogP contribution in [0.1, 0.15) is 48.0 Å². The van der Waals surface area contributed by atoms with E-state index in [0.717, 1.165) is 13.0 Å². The third-order valence-corrected chi connectivity index (χ3v) is 2.26. The van der Waals surface area contributed by atoms with Gasteiger partial charge in [0.05, 0.1) is 12.2 Å². The molecule has 80 valence electrons. The Bertz CT molecular complexity index is 132. The Hall–Kier alpha value is -0.0800.